The normalized spacial score (nSPS) is 11.3. The van der Waals surface area contributed by atoms with Gasteiger partial charge in [0.15, 0.2) is 5.82 Å². The molecule has 0 spiro atoms. The Morgan fingerprint density at radius 1 is 1.40 bits per heavy atom. The Bertz CT molecular complexity index is 613. The number of hydrogen-bond donors (Lipinski definition) is 2. The summed E-state index contributed by atoms with van der Waals surface area (Å²) < 4.78 is 38.5. The van der Waals surface area contributed by atoms with Crippen LogP contribution in [0.4, 0.5) is 24.5 Å². The number of nitrogens with zero attached hydrogens (tertiary/aromatic N) is 4. The number of nitro benzene ring substituents is 1. The lowest BCUT2D eigenvalue weighted by Crippen LogP contribution is -2.12. The van der Waals surface area contributed by atoms with Crippen molar-refractivity contribution in [3.8, 4) is 0 Å². The lowest BCUT2D eigenvalue weighted by Gasteiger charge is -2.13. The zero-order valence-electron chi connectivity index (χ0n) is 9.68. The third kappa shape index (κ3) is 2.99. The van der Waals surface area contributed by atoms with E-state index in [1.165, 1.54) is 0 Å². The predicted octanol–water partition coefficient (Wildman–Crippen LogP) is 1.74. The number of benzene rings is 1. The molecule has 2 N–H and O–H groups in total. The Morgan fingerprint density at radius 3 is 2.70 bits per heavy atom. The summed E-state index contributed by atoms with van der Waals surface area (Å²) in [5, 5.41) is 25.5. The second kappa shape index (κ2) is 5.11. The number of aromatic amines is 1. The van der Waals surface area contributed by atoms with Gasteiger partial charge in [-0.3, -0.25) is 10.1 Å². The van der Waals surface area contributed by atoms with E-state index in [0.717, 1.165) is 12.1 Å². The second-order valence-corrected chi connectivity index (χ2v) is 3.67. The predicted molar refractivity (Wildman–Crippen MR) is 59.6 cm³/mol. The van der Waals surface area contributed by atoms with Crippen molar-refractivity contribution in [3.05, 3.63) is 39.7 Å². The zero-order valence-corrected chi connectivity index (χ0v) is 9.68. The average Bonchev–Trinajstić information content (AvgIpc) is 2.88. The molecule has 0 fully saturated rings. The van der Waals surface area contributed by atoms with Gasteiger partial charge in [0.1, 0.15) is 0 Å². The first-order valence-corrected chi connectivity index (χ1v) is 5.20. The Hall–Kier alpha value is -2.72. The number of tetrazole rings is 1. The summed E-state index contributed by atoms with van der Waals surface area (Å²) in [5.74, 6) is 0.163. The quantitative estimate of drug-likeness (QED) is 0.655. The molecular formula is C9H7F3N6O2. The number of non-ortho nitro benzene ring substituents is 1. The standard InChI is InChI=1S/C9H7F3N6O2/c10-9(11,12)6-3-5(18(19)20)1-2-7(6)13-4-8-14-16-17-15-8/h1-3,13H,4H2,(H,14,15,16,17). The van der Waals surface area contributed by atoms with Gasteiger partial charge in [-0.1, -0.05) is 5.21 Å². The van der Waals surface area contributed by atoms with Crippen molar-refractivity contribution in [1.29, 1.82) is 0 Å². The molecule has 1 heterocycles. The van der Waals surface area contributed by atoms with Crippen LogP contribution in [0, 0.1) is 10.1 Å². The highest BCUT2D eigenvalue weighted by Gasteiger charge is 2.35. The molecule has 0 aliphatic rings. The molecule has 0 saturated carbocycles. The molecule has 1 aromatic carbocycles. The highest BCUT2D eigenvalue weighted by atomic mass is 19.4. The summed E-state index contributed by atoms with van der Waals surface area (Å²) in [5.41, 5.74) is -2.06. The molecule has 0 aliphatic carbocycles. The first-order chi connectivity index (χ1) is 9.38. The summed E-state index contributed by atoms with van der Waals surface area (Å²) in [6.07, 6.45) is -4.72. The van der Waals surface area contributed by atoms with Crippen molar-refractivity contribution in [2.24, 2.45) is 0 Å². The lowest BCUT2D eigenvalue weighted by atomic mass is 10.1. The van der Waals surface area contributed by atoms with Crippen molar-refractivity contribution in [2.45, 2.75) is 12.7 Å². The molecule has 11 heteroatoms. The monoisotopic (exact) mass is 288 g/mol. The number of alkyl halides is 3. The van der Waals surface area contributed by atoms with Crippen LogP contribution in [-0.4, -0.2) is 25.5 Å². The van der Waals surface area contributed by atoms with E-state index in [4.69, 9.17) is 0 Å². The Morgan fingerprint density at radius 2 is 2.15 bits per heavy atom. The number of nitrogens with one attached hydrogen (secondary N) is 2. The van der Waals surface area contributed by atoms with Gasteiger partial charge < -0.3 is 5.32 Å². The van der Waals surface area contributed by atoms with Crippen LogP contribution in [-0.2, 0) is 12.7 Å². The van der Waals surface area contributed by atoms with Crippen LogP contribution in [0.15, 0.2) is 18.2 Å². The van der Waals surface area contributed by atoms with E-state index in [1.54, 1.807) is 0 Å². The number of rotatable bonds is 4. The minimum absolute atomic E-state index is 0.0998. The maximum absolute atomic E-state index is 12.8. The minimum atomic E-state index is -4.72. The van der Waals surface area contributed by atoms with E-state index >= 15 is 0 Å². The highest BCUT2D eigenvalue weighted by molar-refractivity contribution is 5.57. The fourth-order valence-corrected chi connectivity index (χ4v) is 1.47. The Balaban J connectivity index is 2.29. The first-order valence-electron chi connectivity index (χ1n) is 5.20. The number of aromatic nitrogens is 4. The first kappa shape index (κ1) is 13.7. The minimum Gasteiger partial charge on any atom is -0.377 e. The van der Waals surface area contributed by atoms with Crippen LogP contribution in [0.3, 0.4) is 0 Å². The van der Waals surface area contributed by atoms with E-state index in [9.17, 15) is 23.3 Å². The molecule has 0 radical (unpaired) electrons. The van der Waals surface area contributed by atoms with E-state index in [2.05, 4.69) is 25.9 Å². The van der Waals surface area contributed by atoms with E-state index < -0.39 is 22.4 Å². The van der Waals surface area contributed by atoms with Crippen molar-refractivity contribution in [1.82, 2.24) is 20.6 Å². The maximum Gasteiger partial charge on any atom is 0.418 e. The summed E-state index contributed by atoms with van der Waals surface area (Å²) in [6, 6.07) is 2.44. The van der Waals surface area contributed by atoms with Crippen molar-refractivity contribution in [3.63, 3.8) is 0 Å². The molecule has 0 atom stereocenters. The zero-order chi connectivity index (χ0) is 14.8. The number of nitro groups is 1. The largest absolute Gasteiger partial charge is 0.418 e. The molecule has 2 aromatic rings. The van der Waals surface area contributed by atoms with E-state index in [0.29, 0.717) is 6.07 Å². The van der Waals surface area contributed by atoms with Gasteiger partial charge in [0.05, 0.1) is 17.0 Å². The van der Waals surface area contributed by atoms with Crippen LogP contribution in [0.2, 0.25) is 0 Å². The van der Waals surface area contributed by atoms with Gasteiger partial charge in [-0.25, -0.2) is 0 Å². The molecule has 0 aliphatic heterocycles. The molecule has 8 nitrogen and oxygen atoms in total. The van der Waals surface area contributed by atoms with Crippen LogP contribution < -0.4 is 5.32 Å². The van der Waals surface area contributed by atoms with Gasteiger partial charge in [0.2, 0.25) is 0 Å². The van der Waals surface area contributed by atoms with Gasteiger partial charge in [-0.15, -0.1) is 10.2 Å². The van der Waals surface area contributed by atoms with Crippen molar-refractivity contribution < 1.29 is 18.1 Å². The third-order valence-corrected chi connectivity index (χ3v) is 2.35. The molecule has 0 bridgehead atoms. The average molecular weight is 288 g/mol. The fourth-order valence-electron chi connectivity index (χ4n) is 1.47. The molecule has 0 unspecified atom stereocenters. The number of anilines is 1. The summed E-state index contributed by atoms with van der Waals surface area (Å²) in [7, 11) is 0. The van der Waals surface area contributed by atoms with Crippen LogP contribution in [0.25, 0.3) is 0 Å². The molecule has 2 rings (SSSR count). The maximum atomic E-state index is 12.8. The van der Waals surface area contributed by atoms with Crippen LogP contribution in [0.5, 0.6) is 0 Å². The molecule has 0 amide bonds. The molecule has 0 saturated heterocycles. The van der Waals surface area contributed by atoms with Gasteiger partial charge in [-0.05, 0) is 6.07 Å². The number of H-pyrrole nitrogens is 1. The molecule has 20 heavy (non-hydrogen) atoms. The number of hydrogen-bond acceptors (Lipinski definition) is 6. The SMILES string of the molecule is O=[N+]([O-])c1ccc(NCc2nn[nH]n2)c(C(F)(F)F)c1. The third-order valence-electron chi connectivity index (χ3n) is 2.35. The van der Waals surface area contributed by atoms with E-state index in [1.807, 2.05) is 0 Å². The van der Waals surface area contributed by atoms with E-state index in [-0.39, 0.29) is 18.1 Å². The van der Waals surface area contributed by atoms with Crippen LogP contribution >= 0.6 is 0 Å². The molecular weight excluding hydrogens is 281 g/mol. The summed E-state index contributed by atoms with van der Waals surface area (Å²) in [4.78, 5) is 9.63. The lowest BCUT2D eigenvalue weighted by molar-refractivity contribution is -0.385. The van der Waals surface area contributed by atoms with Crippen molar-refractivity contribution in [2.75, 3.05) is 5.32 Å². The van der Waals surface area contributed by atoms with Gasteiger partial charge in [0.25, 0.3) is 5.69 Å². The summed E-state index contributed by atoms with van der Waals surface area (Å²) in [6.45, 7) is -0.0998. The smallest absolute Gasteiger partial charge is 0.377 e. The van der Waals surface area contributed by atoms with Crippen molar-refractivity contribution >= 4 is 11.4 Å². The molecule has 106 valence electrons. The topological polar surface area (TPSA) is 110 Å². The fraction of sp³-hybridized carbons (Fsp3) is 0.222. The van der Waals surface area contributed by atoms with Crippen LogP contribution in [0.1, 0.15) is 11.4 Å². The Kier molecular flexibility index (Phi) is 3.50. The van der Waals surface area contributed by atoms with Gasteiger partial charge in [0, 0.05) is 17.8 Å². The Labute approximate surface area is 109 Å². The molecule has 1 aromatic heterocycles. The summed E-state index contributed by atoms with van der Waals surface area (Å²) >= 11 is 0. The highest BCUT2D eigenvalue weighted by Crippen LogP contribution is 2.37. The second-order valence-electron chi connectivity index (χ2n) is 3.67. The van der Waals surface area contributed by atoms with Gasteiger partial charge >= 0.3 is 6.18 Å². The van der Waals surface area contributed by atoms with Gasteiger partial charge in [-0.2, -0.15) is 18.4 Å². The number of halogens is 3.